The molecule has 0 aromatic carbocycles. The van der Waals surface area contributed by atoms with E-state index in [1.165, 1.54) is 12.8 Å². The van der Waals surface area contributed by atoms with Gasteiger partial charge in [0.25, 0.3) is 0 Å². The molecule has 6 nitrogen and oxygen atoms in total. The van der Waals surface area contributed by atoms with E-state index in [-0.39, 0.29) is 0 Å². The molecule has 1 atom stereocenters. The summed E-state index contributed by atoms with van der Waals surface area (Å²) in [5.74, 6) is 0.578. The number of nitrogens with zero attached hydrogens (tertiary/aromatic N) is 5. The molecule has 3 heterocycles. The Morgan fingerprint density at radius 1 is 1.14 bits per heavy atom. The second kappa shape index (κ2) is 6.49. The van der Waals surface area contributed by atoms with Crippen LogP contribution >= 0.6 is 18.9 Å². The highest BCUT2D eigenvalue weighted by molar-refractivity contribution is 7.68. The van der Waals surface area contributed by atoms with E-state index < -0.39 is 7.29 Å². The second-order valence-electron chi connectivity index (χ2n) is 5.56. The van der Waals surface area contributed by atoms with Crippen molar-refractivity contribution >= 4 is 24.5 Å². The minimum atomic E-state index is -2.73. The maximum atomic E-state index is 13.4. The van der Waals surface area contributed by atoms with Crippen LogP contribution in [0, 0.1) is 0 Å². The van der Waals surface area contributed by atoms with E-state index in [2.05, 4.69) is 19.9 Å². The van der Waals surface area contributed by atoms with Gasteiger partial charge in [-0.05, 0) is 25.0 Å². The van der Waals surface area contributed by atoms with Crippen molar-refractivity contribution in [3.63, 3.8) is 0 Å². The first-order chi connectivity index (χ1) is 10.6. The highest BCUT2D eigenvalue weighted by atomic mass is 35.5. The molecule has 22 heavy (non-hydrogen) atoms. The lowest BCUT2D eigenvalue weighted by Gasteiger charge is -2.27. The van der Waals surface area contributed by atoms with Gasteiger partial charge in [0.1, 0.15) is 0 Å². The van der Waals surface area contributed by atoms with Crippen LogP contribution in [0.15, 0.2) is 24.5 Å². The zero-order valence-electron chi connectivity index (χ0n) is 12.5. The van der Waals surface area contributed by atoms with Crippen LogP contribution in [-0.2, 0) is 4.57 Å². The molecule has 0 spiro atoms. The Bertz CT molecular complexity index is 679. The maximum absolute atomic E-state index is 13.4. The van der Waals surface area contributed by atoms with Crippen molar-refractivity contribution in [3.05, 3.63) is 29.7 Å². The number of rotatable bonds is 3. The van der Waals surface area contributed by atoms with Gasteiger partial charge in [0.15, 0.2) is 16.5 Å². The van der Waals surface area contributed by atoms with Gasteiger partial charge in [-0.15, -0.1) is 10.2 Å². The first kappa shape index (κ1) is 15.7. The normalized spacial score (nSPS) is 19.5. The lowest BCUT2D eigenvalue weighted by Crippen LogP contribution is -2.31. The Hall–Kier alpha value is -1.23. The molecule has 2 aromatic rings. The SMILES string of the molecule is C[P@](=O)(c1nccn1-c1ccc(Cl)nn1)N1CCCCCC1. The molecule has 0 unspecified atom stereocenters. The van der Waals surface area contributed by atoms with Crippen molar-refractivity contribution in [2.24, 2.45) is 0 Å². The predicted octanol–water partition coefficient (Wildman–Crippen LogP) is 2.72. The number of imidazole rings is 1. The molecule has 8 heteroatoms. The largest absolute Gasteiger partial charge is 0.298 e. The molecular formula is C14H19ClN5OP. The zero-order valence-corrected chi connectivity index (χ0v) is 14.2. The standard InChI is InChI=1S/C14H19ClN5OP/c1-22(21,19-9-4-2-3-5-10-19)14-16-8-11-20(14)13-7-6-12(15)17-18-13/h6-8,11H,2-5,9-10H2,1H3/t22-/m0/s1. The zero-order chi connectivity index (χ0) is 15.6. The van der Waals surface area contributed by atoms with Crippen molar-refractivity contribution < 1.29 is 4.57 Å². The van der Waals surface area contributed by atoms with E-state index in [0.29, 0.717) is 16.5 Å². The molecule has 0 bridgehead atoms. The highest BCUT2D eigenvalue weighted by Crippen LogP contribution is 2.45. The Morgan fingerprint density at radius 3 is 2.50 bits per heavy atom. The maximum Gasteiger partial charge on any atom is 0.210 e. The van der Waals surface area contributed by atoms with E-state index in [0.717, 1.165) is 25.9 Å². The number of aromatic nitrogens is 4. The molecule has 1 aliphatic rings. The molecule has 0 radical (unpaired) electrons. The Morgan fingerprint density at radius 2 is 1.86 bits per heavy atom. The summed E-state index contributed by atoms with van der Waals surface area (Å²) in [5, 5.41) is 8.24. The Balaban J connectivity index is 1.96. The summed E-state index contributed by atoms with van der Waals surface area (Å²) in [6.45, 7) is 3.50. The van der Waals surface area contributed by atoms with Gasteiger partial charge in [-0.25, -0.2) is 9.65 Å². The molecule has 0 amide bonds. The Kier molecular flexibility index (Phi) is 4.62. The summed E-state index contributed by atoms with van der Waals surface area (Å²) in [6, 6.07) is 3.42. The summed E-state index contributed by atoms with van der Waals surface area (Å²) < 4.78 is 17.2. The van der Waals surface area contributed by atoms with Crippen LogP contribution in [0.5, 0.6) is 0 Å². The van der Waals surface area contributed by atoms with Crippen LogP contribution in [-0.4, -0.2) is 44.2 Å². The third kappa shape index (κ3) is 3.09. The van der Waals surface area contributed by atoms with E-state index in [9.17, 15) is 4.57 Å². The van der Waals surface area contributed by atoms with Crippen LogP contribution in [0.25, 0.3) is 5.82 Å². The average Bonchev–Trinajstić information content (AvgIpc) is 2.83. The monoisotopic (exact) mass is 339 g/mol. The van der Waals surface area contributed by atoms with Crippen molar-refractivity contribution in [3.8, 4) is 5.82 Å². The molecule has 0 aliphatic carbocycles. The van der Waals surface area contributed by atoms with Gasteiger partial charge >= 0.3 is 0 Å². The first-order valence-corrected chi connectivity index (χ1v) is 9.94. The topological polar surface area (TPSA) is 63.9 Å². The fourth-order valence-corrected chi connectivity index (χ4v) is 5.03. The van der Waals surface area contributed by atoms with E-state index in [4.69, 9.17) is 11.6 Å². The van der Waals surface area contributed by atoms with Gasteiger partial charge in [-0.2, -0.15) is 0 Å². The van der Waals surface area contributed by atoms with Crippen LogP contribution in [0.3, 0.4) is 0 Å². The number of hydrogen-bond acceptors (Lipinski definition) is 4. The first-order valence-electron chi connectivity index (χ1n) is 7.45. The minimum Gasteiger partial charge on any atom is -0.298 e. The lowest BCUT2D eigenvalue weighted by molar-refractivity contribution is 0.430. The molecule has 0 N–H and O–H groups in total. The summed E-state index contributed by atoms with van der Waals surface area (Å²) in [6.07, 6.45) is 7.99. The van der Waals surface area contributed by atoms with Crippen LogP contribution in [0.2, 0.25) is 5.15 Å². The van der Waals surface area contributed by atoms with Gasteiger partial charge in [-0.3, -0.25) is 9.13 Å². The molecule has 1 fully saturated rings. The fourth-order valence-electron chi connectivity index (χ4n) is 2.78. The Labute approximate surface area is 134 Å². The van der Waals surface area contributed by atoms with Crippen molar-refractivity contribution in [2.75, 3.05) is 19.8 Å². The minimum absolute atomic E-state index is 0.331. The van der Waals surface area contributed by atoms with E-state index >= 15 is 0 Å². The third-order valence-electron chi connectivity index (χ3n) is 3.98. The average molecular weight is 340 g/mol. The molecule has 1 aliphatic heterocycles. The summed E-state index contributed by atoms with van der Waals surface area (Å²) >= 11 is 5.78. The third-order valence-corrected chi connectivity index (χ3v) is 6.73. The molecule has 1 saturated heterocycles. The summed E-state index contributed by atoms with van der Waals surface area (Å²) in [7, 11) is -2.73. The molecule has 2 aromatic heterocycles. The molecule has 0 saturated carbocycles. The van der Waals surface area contributed by atoms with Crippen LogP contribution in [0.1, 0.15) is 25.7 Å². The van der Waals surface area contributed by atoms with Gasteiger partial charge in [0, 0.05) is 32.1 Å². The van der Waals surface area contributed by atoms with E-state index in [1.807, 2.05) is 0 Å². The molecule has 3 rings (SSSR count). The molecular weight excluding hydrogens is 321 g/mol. The van der Waals surface area contributed by atoms with Crippen molar-refractivity contribution in [1.82, 2.24) is 24.4 Å². The number of halogens is 1. The second-order valence-corrected chi connectivity index (χ2v) is 8.67. The van der Waals surface area contributed by atoms with Gasteiger partial charge in [0.2, 0.25) is 7.29 Å². The van der Waals surface area contributed by atoms with Gasteiger partial charge in [-0.1, -0.05) is 24.4 Å². The highest BCUT2D eigenvalue weighted by Gasteiger charge is 2.32. The number of hydrogen-bond donors (Lipinski definition) is 0. The fraction of sp³-hybridized carbons (Fsp3) is 0.500. The quantitative estimate of drug-likeness (QED) is 0.804. The van der Waals surface area contributed by atoms with Gasteiger partial charge in [0.05, 0.1) is 0 Å². The van der Waals surface area contributed by atoms with Crippen molar-refractivity contribution in [1.29, 1.82) is 0 Å². The summed E-state index contributed by atoms with van der Waals surface area (Å²) in [4.78, 5) is 4.35. The molecule has 118 valence electrons. The van der Waals surface area contributed by atoms with Gasteiger partial charge < -0.3 is 0 Å². The van der Waals surface area contributed by atoms with Crippen molar-refractivity contribution in [2.45, 2.75) is 25.7 Å². The predicted molar refractivity (Wildman–Crippen MR) is 87.4 cm³/mol. The van der Waals surface area contributed by atoms with E-state index in [1.54, 1.807) is 35.8 Å². The van der Waals surface area contributed by atoms with Crippen LogP contribution < -0.4 is 5.57 Å². The van der Waals surface area contributed by atoms with Crippen LogP contribution in [0.4, 0.5) is 0 Å². The summed E-state index contributed by atoms with van der Waals surface area (Å²) in [5.41, 5.74) is 0.547. The smallest absolute Gasteiger partial charge is 0.210 e. The lowest BCUT2D eigenvalue weighted by atomic mass is 10.2.